The van der Waals surface area contributed by atoms with Gasteiger partial charge in [0.1, 0.15) is 0 Å². The molecule has 1 aromatic heterocycles. The molecular formula is C12H13NO2S. The first-order chi connectivity index (χ1) is 7.74. The van der Waals surface area contributed by atoms with Gasteiger partial charge in [-0.3, -0.25) is 14.6 Å². The van der Waals surface area contributed by atoms with Crippen molar-refractivity contribution in [1.82, 2.24) is 4.98 Å². The molecule has 0 saturated heterocycles. The van der Waals surface area contributed by atoms with Crippen molar-refractivity contribution >= 4 is 29.2 Å². The van der Waals surface area contributed by atoms with Crippen LogP contribution in [-0.2, 0) is 4.79 Å². The Morgan fingerprint density at radius 2 is 2.38 bits per heavy atom. The minimum absolute atomic E-state index is 0.125. The molecule has 0 saturated carbocycles. The molecule has 0 fully saturated rings. The van der Waals surface area contributed by atoms with Crippen molar-refractivity contribution < 1.29 is 9.59 Å². The van der Waals surface area contributed by atoms with Crippen LogP contribution in [0.25, 0.3) is 6.08 Å². The molecule has 84 valence electrons. The molecule has 0 aliphatic heterocycles. The number of carbonyl (C=O) groups excluding carboxylic acids is 2. The number of thioether (sulfide) groups is 1. The summed E-state index contributed by atoms with van der Waals surface area (Å²) < 4.78 is 0. The Labute approximate surface area is 99.0 Å². The van der Waals surface area contributed by atoms with Crippen LogP contribution in [0.15, 0.2) is 24.4 Å². The highest BCUT2D eigenvalue weighted by molar-refractivity contribution is 8.13. The molecule has 1 heterocycles. The first-order valence-corrected chi connectivity index (χ1v) is 5.92. The first kappa shape index (κ1) is 12.6. The second kappa shape index (κ2) is 6.95. The zero-order chi connectivity index (χ0) is 11.8. The summed E-state index contributed by atoms with van der Waals surface area (Å²) in [6.45, 7) is 1.55. The molecule has 0 atom stereocenters. The number of pyridine rings is 1. The van der Waals surface area contributed by atoms with E-state index in [1.807, 2.05) is 12.2 Å². The van der Waals surface area contributed by atoms with Crippen LogP contribution < -0.4 is 0 Å². The van der Waals surface area contributed by atoms with Gasteiger partial charge in [-0.1, -0.05) is 17.8 Å². The first-order valence-electron chi connectivity index (χ1n) is 4.94. The minimum atomic E-state index is 0.125. The zero-order valence-corrected chi connectivity index (χ0v) is 9.87. The lowest BCUT2D eigenvalue weighted by atomic mass is 10.2. The Balaban J connectivity index is 2.49. The Morgan fingerprint density at radius 1 is 1.56 bits per heavy atom. The van der Waals surface area contributed by atoms with E-state index in [4.69, 9.17) is 0 Å². The fraction of sp³-hybridized carbons (Fsp3) is 0.250. The summed E-state index contributed by atoms with van der Waals surface area (Å²) in [5.41, 5.74) is 1.25. The summed E-state index contributed by atoms with van der Waals surface area (Å²) in [7, 11) is 0. The normalized spacial score (nSPS) is 10.6. The highest BCUT2D eigenvalue weighted by Gasteiger charge is 1.97. The number of hydrogen-bond donors (Lipinski definition) is 0. The number of allylic oxidation sites excluding steroid dienone is 1. The standard InChI is InChI=1S/C12H13NO2S/c1-10(15)16-8-3-2-6-12-11(9-14)5-4-7-13-12/h2,4-7,9H,3,8H2,1H3. The van der Waals surface area contributed by atoms with Crippen LogP contribution >= 0.6 is 11.8 Å². The maximum atomic E-state index is 10.7. The monoisotopic (exact) mass is 235 g/mol. The van der Waals surface area contributed by atoms with E-state index in [1.165, 1.54) is 11.8 Å². The molecule has 0 aliphatic rings. The van der Waals surface area contributed by atoms with Gasteiger partial charge in [-0.15, -0.1) is 0 Å². The van der Waals surface area contributed by atoms with Gasteiger partial charge in [0.2, 0.25) is 0 Å². The van der Waals surface area contributed by atoms with Gasteiger partial charge in [0, 0.05) is 24.4 Å². The van der Waals surface area contributed by atoms with Crippen LogP contribution in [0.4, 0.5) is 0 Å². The summed E-state index contributed by atoms with van der Waals surface area (Å²) in [6.07, 6.45) is 6.96. The summed E-state index contributed by atoms with van der Waals surface area (Å²) in [4.78, 5) is 25.4. The van der Waals surface area contributed by atoms with Gasteiger partial charge in [0.25, 0.3) is 0 Å². The van der Waals surface area contributed by atoms with Crippen LogP contribution in [-0.4, -0.2) is 22.1 Å². The predicted octanol–water partition coefficient (Wildman–Crippen LogP) is 2.58. The molecule has 0 unspecified atom stereocenters. The third-order valence-corrected chi connectivity index (χ3v) is 2.71. The topological polar surface area (TPSA) is 47.0 Å². The molecule has 0 N–H and O–H groups in total. The second-order valence-electron chi connectivity index (χ2n) is 3.13. The average Bonchev–Trinajstić information content (AvgIpc) is 2.29. The molecule has 16 heavy (non-hydrogen) atoms. The van der Waals surface area contributed by atoms with Gasteiger partial charge in [0.05, 0.1) is 5.69 Å². The minimum Gasteiger partial charge on any atom is -0.298 e. The maximum Gasteiger partial charge on any atom is 0.185 e. The Morgan fingerprint density at radius 3 is 3.06 bits per heavy atom. The molecule has 0 bridgehead atoms. The van der Waals surface area contributed by atoms with Gasteiger partial charge in [-0.25, -0.2) is 0 Å². The van der Waals surface area contributed by atoms with E-state index < -0.39 is 0 Å². The van der Waals surface area contributed by atoms with E-state index in [2.05, 4.69) is 4.98 Å². The SMILES string of the molecule is CC(=O)SCCC=Cc1ncccc1C=O. The van der Waals surface area contributed by atoms with Crippen LogP contribution in [0.3, 0.4) is 0 Å². The number of rotatable bonds is 5. The van der Waals surface area contributed by atoms with E-state index in [0.29, 0.717) is 11.3 Å². The highest BCUT2D eigenvalue weighted by Crippen LogP contribution is 2.07. The molecule has 0 aromatic carbocycles. The number of aromatic nitrogens is 1. The van der Waals surface area contributed by atoms with Crippen LogP contribution in [0, 0.1) is 0 Å². The van der Waals surface area contributed by atoms with Gasteiger partial charge < -0.3 is 0 Å². The average molecular weight is 235 g/mol. The largest absolute Gasteiger partial charge is 0.298 e. The molecule has 4 heteroatoms. The van der Waals surface area contributed by atoms with Crippen LogP contribution in [0.5, 0.6) is 0 Å². The summed E-state index contributed by atoms with van der Waals surface area (Å²) in [6, 6.07) is 3.46. The number of carbonyl (C=O) groups is 2. The Bertz CT molecular complexity index is 402. The molecule has 3 nitrogen and oxygen atoms in total. The van der Waals surface area contributed by atoms with Gasteiger partial charge in [-0.2, -0.15) is 0 Å². The van der Waals surface area contributed by atoms with Crippen molar-refractivity contribution in [1.29, 1.82) is 0 Å². The van der Waals surface area contributed by atoms with Gasteiger partial charge in [-0.05, 0) is 24.6 Å². The second-order valence-corrected chi connectivity index (χ2v) is 4.40. The van der Waals surface area contributed by atoms with Crippen molar-refractivity contribution in [3.8, 4) is 0 Å². The van der Waals surface area contributed by atoms with E-state index in [1.54, 1.807) is 25.3 Å². The quantitative estimate of drug-likeness (QED) is 0.581. The smallest absolute Gasteiger partial charge is 0.185 e. The lowest BCUT2D eigenvalue weighted by Gasteiger charge is -1.96. The fourth-order valence-electron chi connectivity index (χ4n) is 1.13. The highest BCUT2D eigenvalue weighted by atomic mass is 32.2. The predicted molar refractivity (Wildman–Crippen MR) is 66.4 cm³/mol. The maximum absolute atomic E-state index is 10.7. The number of hydrogen-bond acceptors (Lipinski definition) is 4. The lowest BCUT2D eigenvalue weighted by Crippen LogP contribution is -1.89. The van der Waals surface area contributed by atoms with E-state index in [9.17, 15) is 9.59 Å². The molecule has 0 radical (unpaired) electrons. The van der Waals surface area contributed by atoms with E-state index in [0.717, 1.165) is 18.5 Å². The van der Waals surface area contributed by atoms with Crippen molar-refractivity contribution in [2.24, 2.45) is 0 Å². The zero-order valence-electron chi connectivity index (χ0n) is 9.05. The molecule has 0 aliphatic carbocycles. The molecule has 1 aromatic rings. The summed E-state index contributed by atoms with van der Waals surface area (Å²) in [5.74, 6) is 0.759. The number of aldehydes is 1. The summed E-state index contributed by atoms with van der Waals surface area (Å²) >= 11 is 1.30. The molecule has 0 amide bonds. The van der Waals surface area contributed by atoms with E-state index >= 15 is 0 Å². The third-order valence-electron chi connectivity index (χ3n) is 1.86. The van der Waals surface area contributed by atoms with Crippen molar-refractivity contribution in [2.75, 3.05) is 5.75 Å². The van der Waals surface area contributed by atoms with Crippen LogP contribution in [0.2, 0.25) is 0 Å². The fourth-order valence-corrected chi connectivity index (χ4v) is 1.68. The van der Waals surface area contributed by atoms with Crippen molar-refractivity contribution in [3.05, 3.63) is 35.7 Å². The van der Waals surface area contributed by atoms with Gasteiger partial charge >= 0.3 is 0 Å². The van der Waals surface area contributed by atoms with Gasteiger partial charge in [0.15, 0.2) is 11.4 Å². The number of nitrogens with zero attached hydrogens (tertiary/aromatic N) is 1. The Hall–Kier alpha value is -1.42. The Kier molecular flexibility index (Phi) is 5.50. The van der Waals surface area contributed by atoms with Crippen molar-refractivity contribution in [2.45, 2.75) is 13.3 Å². The lowest BCUT2D eigenvalue weighted by molar-refractivity contribution is -0.109. The molecule has 1 rings (SSSR count). The van der Waals surface area contributed by atoms with Crippen molar-refractivity contribution in [3.63, 3.8) is 0 Å². The summed E-state index contributed by atoms with van der Waals surface area (Å²) in [5, 5.41) is 0.125. The molecular weight excluding hydrogens is 222 g/mol. The third kappa shape index (κ3) is 4.40. The van der Waals surface area contributed by atoms with E-state index in [-0.39, 0.29) is 5.12 Å². The van der Waals surface area contributed by atoms with Crippen LogP contribution in [0.1, 0.15) is 29.4 Å². The molecule has 0 spiro atoms.